The maximum Gasteiger partial charge on any atom is 0.165 e. The summed E-state index contributed by atoms with van der Waals surface area (Å²) in [5, 5.41) is 34.5. The van der Waals surface area contributed by atoms with Crippen LogP contribution in [0.4, 0.5) is 0 Å². The van der Waals surface area contributed by atoms with Crippen LogP contribution in [0, 0.1) is 0 Å². The van der Waals surface area contributed by atoms with Gasteiger partial charge in [-0.2, -0.15) is 0 Å². The topological polar surface area (TPSA) is 116 Å². The molecule has 0 fully saturated rings. The monoisotopic (exact) mass is 1820 g/mol. The predicted octanol–water partition coefficient (Wildman–Crippen LogP) is 34.9. The minimum atomic E-state index is 0.649. The van der Waals surface area contributed by atoms with E-state index in [1.54, 1.807) is 22.7 Å². The first kappa shape index (κ1) is 81.4. The molecule has 0 unspecified atom stereocenters. The van der Waals surface area contributed by atoms with Crippen LogP contribution in [0.15, 0.2) is 467 Å². The Hall–Kier alpha value is -18.1. The molecule has 29 aromatic rings. The number of hydrogen-bond donors (Lipinski definition) is 0. The first-order valence-corrected chi connectivity index (χ1v) is 48.7. The molecule has 9 nitrogen and oxygen atoms in total. The summed E-state index contributed by atoms with van der Waals surface area (Å²) < 4.78 is 4.90. The first-order valence-electron chi connectivity index (χ1n) is 47.1. The summed E-state index contributed by atoms with van der Waals surface area (Å²) in [6.45, 7) is 0. The number of aromatic nitrogens is 9. The van der Waals surface area contributed by atoms with E-state index in [4.69, 9.17) is 44.9 Å². The van der Waals surface area contributed by atoms with Crippen molar-refractivity contribution >= 4 is 192 Å². The van der Waals surface area contributed by atoms with Crippen molar-refractivity contribution < 1.29 is 0 Å². The van der Waals surface area contributed by atoms with Crippen LogP contribution >= 0.6 is 22.7 Å². The third-order valence-corrected chi connectivity index (χ3v) is 29.9. The highest BCUT2D eigenvalue weighted by Gasteiger charge is 2.25. The molecular formula is C129H77N9S2. The molecule has 0 radical (unpaired) electrons. The lowest BCUT2D eigenvalue weighted by atomic mass is 9.90. The molecule has 650 valence electrons. The van der Waals surface area contributed by atoms with Gasteiger partial charge in [-0.1, -0.05) is 425 Å². The zero-order valence-corrected chi connectivity index (χ0v) is 76.9. The van der Waals surface area contributed by atoms with E-state index < -0.39 is 0 Å². The van der Waals surface area contributed by atoms with Crippen LogP contribution < -0.4 is 0 Å². The summed E-state index contributed by atoms with van der Waals surface area (Å²) in [4.78, 5) is 45.9. The van der Waals surface area contributed by atoms with Crippen molar-refractivity contribution in [1.29, 1.82) is 0 Å². The van der Waals surface area contributed by atoms with Crippen LogP contribution in [0.2, 0.25) is 0 Å². The smallest absolute Gasteiger partial charge is 0.165 e. The average Bonchev–Trinajstić information content (AvgIpc) is 1.35. The molecule has 24 aromatic carbocycles. The lowest BCUT2D eigenvalue weighted by molar-refractivity contribution is 1.08. The van der Waals surface area contributed by atoms with Crippen LogP contribution in [0.25, 0.3) is 283 Å². The highest BCUT2D eigenvalue weighted by Crippen LogP contribution is 2.47. The molecule has 0 spiro atoms. The Balaban J connectivity index is 0.000000105. The summed E-state index contributed by atoms with van der Waals surface area (Å²) in [6, 6.07) is 165. The van der Waals surface area contributed by atoms with E-state index >= 15 is 0 Å². The standard InChI is InChI=1S/2C43H25N3S.C43H27N3/c1-2-10-28(11-3-1)41-44-42(46-43(45-41)37-15-8-14-36-34-13-6-7-16-38(34)47-40(36)37)30-21-22-32-29(25-30)18-17-27-20-23-33-31-12-5-4-9-26(31)19-24-35(33)39(27)32;1-2-10-28(11-3-1)41-44-42(46-43(45-41)37-15-8-14-36-34-13-6-7-16-38(34)47-40(36)37)30-21-22-31-29(25-30)20-24-35-33(31)23-19-27-18-17-26-9-4-5-12-32(26)39(27)35;1-3-11-28(12-4-1)29-19-22-33(23-20-29)42-44-41(32-15-5-2-6-16-32)45-43(46-42)38-27-34-24-21-30-13-7-9-17-35(30)39(34)37-26-25-31-14-8-10-18-36(31)40(37)38/h2*1-25H;1-27H. The SMILES string of the molecule is c1ccc(-c2ccc(-c3nc(-c4ccccc4)nc(-c4cc5ccc6ccccc6c5c5ccc6ccccc6c45)n3)cc2)cc1.c1ccc(-c2nc(-c3ccc4c(ccc5c4ccc4ccc6ccccc6c45)c3)nc(-c3cccc4c3sc3ccccc34)n2)cc1.c1ccc(-c2nc(-c3ccc4c(ccc5ccc6c7ccccc7ccc6c54)c3)nc(-c3cccc4c3sc3ccccc34)n2)cc1. The van der Waals surface area contributed by atoms with E-state index in [9.17, 15) is 0 Å². The van der Waals surface area contributed by atoms with Crippen molar-refractivity contribution in [2.75, 3.05) is 0 Å². The fourth-order valence-electron chi connectivity index (χ4n) is 20.8. The summed E-state index contributed by atoms with van der Waals surface area (Å²) in [5.41, 5.74) is 11.1. The maximum absolute atomic E-state index is 5.21. The Kier molecular flexibility index (Phi) is 19.8. The molecule has 0 saturated carbocycles. The zero-order chi connectivity index (χ0) is 92.2. The molecule has 140 heavy (non-hydrogen) atoms. The Morgan fingerprint density at radius 2 is 0.386 bits per heavy atom. The van der Waals surface area contributed by atoms with Gasteiger partial charge in [0.05, 0.1) is 0 Å². The molecule has 29 rings (SSSR count). The average molecular weight is 1820 g/mol. The molecular weight excluding hydrogens is 1740 g/mol. The molecule has 0 aliphatic rings. The molecule has 0 bridgehead atoms. The van der Waals surface area contributed by atoms with Crippen molar-refractivity contribution in [1.82, 2.24) is 44.9 Å². The quantitative estimate of drug-likeness (QED) is 0.123. The summed E-state index contributed by atoms with van der Waals surface area (Å²) in [6.07, 6.45) is 0. The minimum Gasteiger partial charge on any atom is -0.208 e. The second-order valence-corrected chi connectivity index (χ2v) is 37.7. The third-order valence-electron chi connectivity index (χ3n) is 27.5. The van der Waals surface area contributed by atoms with Crippen molar-refractivity contribution in [3.05, 3.63) is 467 Å². The summed E-state index contributed by atoms with van der Waals surface area (Å²) in [5.74, 6) is 5.99. The second kappa shape index (κ2) is 34.0. The zero-order valence-electron chi connectivity index (χ0n) is 75.3. The van der Waals surface area contributed by atoms with E-state index in [1.807, 2.05) is 60.7 Å². The maximum atomic E-state index is 5.21. The molecule has 11 heteroatoms. The Bertz CT molecular complexity index is 10100. The van der Waals surface area contributed by atoms with Crippen LogP contribution in [0.3, 0.4) is 0 Å². The van der Waals surface area contributed by atoms with Crippen LogP contribution in [-0.2, 0) is 0 Å². The molecule has 0 amide bonds. The lowest BCUT2D eigenvalue weighted by Gasteiger charge is -2.16. The third kappa shape index (κ3) is 14.3. The molecule has 0 saturated heterocycles. The van der Waals surface area contributed by atoms with Crippen molar-refractivity contribution in [2.45, 2.75) is 0 Å². The Labute approximate surface area is 811 Å². The highest BCUT2D eigenvalue weighted by atomic mass is 32.1. The number of fused-ring (bicyclic) bond motifs is 27. The van der Waals surface area contributed by atoms with Crippen LogP contribution in [-0.4, -0.2) is 44.9 Å². The number of hydrogen-bond acceptors (Lipinski definition) is 11. The van der Waals surface area contributed by atoms with E-state index in [0.717, 1.165) is 77.2 Å². The van der Waals surface area contributed by atoms with Crippen molar-refractivity contribution in [2.24, 2.45) is 0 Å². The van der Waals surface area contributed by atoms with Gasteiger partial charge in [-0.15, -0.1) is 22.7 Å². The number of nitrogens with zero attached hydrogens (tertiary/aromatic N) is 9. The fourth-order valence-corrected chi connectivity index (χ4v) is 23.2. The summed E-state index contributed by atoms with van der Waals surface area (Å²) >= 11 is 3.58. The number of thiophene rings is 2. The molecule has 0 N–H and O–H groups in total. The molecule has 0 aliphatic carbocycles. The van der Waals surface area contributed by atoms with E-state index in [-0.39, 0.29) is 0 Å². The van der Waals surface area contributed by atoms with Gasteiger partial charge in [-0.3, -0.25) is 0 Å². The Morgan fingerprint density at radius 1 is 0.121 bits per heavy atom. The van der Waals surface area contributed by atoms with Gasteiger partial charge in [-0.05, 0) is 177 Å². The molecule has 0 aliphatic heterocycles. The van der Waals surface area contributed by atoms with E-state index in [0.29, 0.717) is 52.4 Å². The molecule has 5 aromatic heterocycles. The number of rotatable bonds is 10. The van der Waals surface area contributed by atoms with Gasteiger partial charge in [0.2, 0.25) is 0 Å². The summed E-state index contributed by atoms with van der Waals surface area (Å²) in [7, 11) is 0. The van der Waals surface area contributed by atoms with Gasteiger partial charge in [-0.25, -0.2) is 44.9 Å². The largest absolute Gasteiger partial charge is 0.208 e. The van der Waals surface area contributed by atoms with Gasteiger partial charge in [0, 0.05) is 95.8 Å². The van der Waals surface area contributed by atoms with Crippen molar-refractivity contribution in [3.63, 3.8) is 0 Å². The number of benzene rings is 24. The first-order chi connectivity index (χ1) is 69.4. The van der Waals surface area contributed by atoms with Gasteiger partial charge >= 0.3 is 0 Å². The predicted molar refractivity (Wildman–Crippen MR) is 590 cm³/mol. The van der Waals surface area contributed by atoms with Gasteiger partial charge in [0.15, 0.2) is 52.4 Å². The fraction of sp³-hybridized carbons (Fsp3) is 0. The van der Waals surface area contributed by atoms with Crippen LogP contribution in [0.1, 0.15) is 0 Å². The second-order valence-electron chi connectivity index (χ2n) is 35.6. The van der Waals surface area contributed by atoms with Crippen molar-refractivity contribution in [3.8, 4) is 114 Å². The highest BCUT2D eigenvalue weighted by molar-refractivity contribution is 7.26. The van der Waals surface area contributed by atoms with Gasteiger partial charge in [0.1, 0.15) is 0 Å². The normalized spacial score (nSPS) is 11.7. The molecule has 0 atom stereocenters. The van der Waals surface area contributed by atoms with E-state index in [2.05, 4.69) is 406 Å². The minimum absolute atomic E-state index is 0.649. The van der Waals surface area contributed by atoms with E-state index in [1.165, 1.54) is 154 Å². The van der Waals surface area contributed by atoms with Gasteiger partial charge < -0.3 is 0 Å². The van der Waals surface area contributed by atoms with Gasteiger partial charge in [0.25, 0.3) is 0 Å². The Morgan fingerprint density at radius 3 is 0.864 bits per heavy atom. The van der Waals surface area contributed by atoms with Crippen LogP contribution in [0.5, 0.6) is 0 Å². The molecule has 5 heterocycles. The lowest BCUT2D eigenvalue weighted by Crippen LogP contribution is -2.01.